The number of hydrogen-bond donors (Lipinski definition) is 2. The first-order valence-electron chi connectivity index (χ1n) is 8.13. The normalized spacial score (nSPS) is 13.1. The molecule has 1 aromatic heterocycles. The molecule has 0 radical (unpaired) electrons. The highest BCUT2D eigenvalue weighted by molar-refractivity contribution is 8.01. The van der Waals surface area contributed by atoms with Crippen LogP contribution >= 0.6 is 11.8 Å². The summed E-state index contributed by atoms with van der Waals surface area (Å²) in [6, 6.07) is 11.7. The molecule has 2 N–H and O–H groups in total. The summed E-state index contributed by atoms with van der Waals surface area (Å²) in [7, 11) is 0. The zero-order valence-corrected chi connectivity index (χ0v) is 15.4. The number of thioether (sulfide) groups is 1. The van der Waals surface area contributed by atoms with Gasteiger partial charge in [0.2, 0.25) is 11.8 Å². The molecule has 6 nitrogen and oxygen atoms in total. The van der Waals surface area contributed by atoms with Crippen LogP contribution in [0.3, 0.4) is 0 Å². The maximum Gasteiger partial charge on any atom is 0.238 e. The molecule has 2 atom stereocenters. The van der Waals surface area contributed by atoms with E-state index in [0.29, 0.717) is 18.1 Å². The number of aryl methyl sites for hydroxylation is 1. The van der Waals surface area contributed by atoms with Crippen LogP contribution < -0.4 is 10.6 Å². The standard InChI is InChI=1S/C18H23N3O3S/c1-12(15-7-5-4-6-8-15)10-19-17(22)11-25-14(3)18(23)20-16-9-13(2)24-21-16/h4-9,12,14H,10-11H2,1-3H3,(H,19,22)(H,20,21,23). The molecule has 0 aliphatic rings. The first-order valence-corrected chi connectivity index (χ1v) is 9.18. The number of anilines is 1. The van der Waals surface area contributed by atoms with Gasteiger partial charge in [0.05, 0.1) is 11.0 Å². The first-order chi connectivity index (χ1) is 12.0. The van der Waals surface area contributed by atoms with Crippen molar-refractivity contribution in [1.82, 2.24) is 10.5 Å². The minimum absolute atomic E-state index is 0.0790. The highest BCUT2D eigenvalue weighted by Gasteiger charge is 2.17. The summed E-state index contributed by atoms with van der Waals surface area (Å²) >= 11 is 1.28. The largest absolute Gasteiger partial charge is 0.360 e. The summed E-state index contributed by atoms with van der Waals surface area (Å²) in [4.78, 5) is 24.0. The second-order valence-corrected chi connectivity index (χ2v) is 7.21. The van der Waals surface area contributed by atoms with Crippen molar-refractivity contribution in [2.45, 2.75) is 31.9 Å². The third-order valence-corrected chi connectivity index (χ3v) is 4.83. The van der Waals surface area contributed by atoms with Crippen molar-refractivity contribution < 1.29 is 14.1 Å². The van der Waals surface area contributed by atoms with Crippen LogP contribution in [0.2, 0.25) is 0 Å². The van der Waals surface area contributed by atoms with E-state index in [0.717, 1.165) is 0 Å². The average molecular weight is 361 g/mol. The molecule has 1 aromatic carbocycles. The van der Waals surface area contributed by atoms with Crippen molar-refractivity contribution >= 4 is 29.4 Å². The molecule has 0 aliphatic heterocycles. The molecule has 0 saturated heterocycles. The summed E-state index contributed by atoms with van der Waals surface area (Å²) in [6.45, 7) is 6.15. The van der Waals surface area contributed by atoms with Crippen LogP contribution in [0.5, 0.6) is 0 Å². The molecule has 0 saturated carbocycles. The van der Waals surface area contributed by atoms with Crippen molar-refractivity contribution in [1.29, 1.82) is 0 Å². The predicted octanol–water partition coefficient (Wildman–Crippen LogP) is 2.96. The second kappa shape index (κ2) is 9.27. The van der Waals surface area contributed by atoms with Crippen molar-refractivity contribution in [2.75, 3.05) is 17.6 Å². The van der Waals surface area contributed by atoms with Gasteiger partial charge in [0.25, 0.3) is 0 Å². The van der Waals surface area contributed by atoms with Crippen molar-refractivity contribution in [2.24, 2.45) is 0 Å². The molecule has 0 aliphatic carbocycles. The van der Waals surface area contributed by atoms with Gasteiger partial charge in [0.15, 0.2) is 5.82 Å². The zero-order chi connectivity index (χ0) is 18.2. The Morgan fingerprint density at radius 1 is 1.24 bits per heavy atom. The van der Waals surface area contributed by atoms with Crippen LogP contribution in [0.1, 0.15) is 31.1 Å². The van der Waals surface area contributed by atoms with E-state index >= 15 is 0 Å². The van der Waals surface area contributed by atoms with E-state index in [1.807, 2.05) is 30.3 Å². The Hall–Kier alpha value is -2.28. The molecular formula is C18H23N3O3S. The molecule has 134 valence electrons. The lowest BCUT2D eigenvalue weighted by Crippen LogP contribution is -2.31. The van der Waals surface area contributed by atoms with Crippen molar-refractivity contribution in [3.05, 3.63) is 47.7 Å². The molecular weight excluding hydrogens is 338 g/mol. The minimum Gasteiger partial charge on any atom is -0.360 e. The van der Waals surface area contributed by atoms with E-state index in [1.165, 1.54) is 17.3 Å². The molecule has 2 aromatic rings. The topological polar surface area (TPSA) is 84.2 Å². The molecule has 2 amide bonds. The van der Waals surface area contributed by atoms with Crippen LogP contribution in [0.25, 0.3) is 0 Å². The van der Waals surface area contributed by atoms with Crippen molar-refractivity contribution in [3.63, 3.8) is 0 Å². The lowest BCUT2D eigenvalue weighted by atomic mass is 10.0. The maximum absolute atomic E-state index is 12.0. The van der Waals surface area contributed by atoms with Crippen LogP contribution in [0, 0.1) is 6.92 Å². The van der Waals surface area contributed by atoms with Crippen LogP contribution in [0.4, 0.5) is 5.82 Å². The second-order valence-electron chi connectivity index (χ2n) is 5.88. The quantitative estimate of drug-likeness (QED) is 0.755. The predicted molar refractivity (Wildman–Crippen MR) is 99.7 cm³/mol. The molecule has 2 rings (SSSR count). The Labute approximate surface area is 151 Å². The van der Waals surface area contributed by atoms with Gasteiger partial charge in [0, 0.05) is 12.6 Å². The Morgan fingerprint density at radius 2 is 1.96 bits per heavy atom. The van der Waals surface area contributed by atoms with Gasteiger partial charge in [-0.15, -0.1) is 11.8 Å². The summed E-state index contributed by atoms with van der Waals surface area (Å²) < 4.78 is 4.90. The van der Waals surface area contributed by atoms with Gasteiger partial charge in [-0.05, 0) is 25.3 Å². The lowest BCUT2D eigenvalue weighted by Gasteiger charge is -2.14. The highest BCUT2D eigenvalue weighted by atomic mass is 32.2. The summed E-state index contributed by atoms with van der Waals surface area (Å²) in [5.41, 5.74) is 1.19. The Kier molecular flexibility index (Phi) is 7.06. The van der Waals surface area contributed by atoms with Gasteiger partial charge in [-0.2, -0.15) is 0 Å². The fourth-order valence-electron chi connectivity index (χ4n) is 2.15. The molecule has 0 spiro atoms. The third-order valence-electron chi connectivity index (χ3n) is 3.69. The summed E-state index contributed by atoms with van der Waals surface area (Å²) in [6.07, 6.45) is 0. The Bertz CT molecular complexity index is 703. The Balaban J connectivity index is 1.69. The van der Waals surface area contributed by atoms with Gasteiger partial charge in [-0.3, -0.25) is 9.59 Å². The summed E-state index contributed by atoms with van der Waals surface area (Å²) in [5.74, 6) is 1.20. The number of aromatic nitrogens is 1. The maximum atomic E-state index is 12.0. The number of nitrogens with zero attached hydrogens (tertiary/aromatic N) is 1. The first kappa shape index (κ1) is 19.1. The lowest BCUT2D eigenvalue weighted by molar-refractivity contribution is -0.118. The number of hydrogen-bond acceptors (Lipinski definition) is 5. The van der Waals surface area contributed by atoms with E-state index in [1.54, 1.807) is 19.9 Å². The third kappa shape index (κ3) is 6.26. The minimum atomic E-state index is -0.366. The van der Waals surface area contributed by atoms with Crippen molar-refractivity contribution in [3.8, 4) is 0 Å². The van der Waals surface area contributed by atoms with Gasteiger partial charge in [-0.25, -0.2) is 0 Å². The van der Waals surface area contributed by atoms with Gasteiger partial charge >= 0.3 is 0 Å². The fourth-order valence-corrected chi connectivity index (χ4v) is 2.86. The van der Waals surface area contributed by atoms with E-state index < -0.39 is 0 Å². The molecule has 25 heavy (non-hydrogen) atoms. The van der Waals surface area contributed by atoms with Crippen LogP contribution in [-0.2, 0) is 9.59 Å². The molecule has 1 heterocycles. The monoisotopic (exact) mass is 361 g/mol. The molecule has 7 heteroatoms. The summed E-state index contributed by atoms with van der Waals surface area (Å²) in [5, 5.41) is 8.92. The SMILES string of the molecule is Cc1cc(NC(=O)C(C)SCC(=O)NCC(C)c2ccccc2)no1. The van der Waals surface area contributed by atoms with E-state index in [4.69, 9.17) is 4.52 Å². The van der Waals surface area contributed by atoms with Crippen LogP contribution in [0.15, 0.2) is 40.9 Å². The molecule has 0 fully saturated rings. The van der Waals surface area contributed by atoms with E-state index in [-0.39, 0.29) is 28.7 Å². The Morgan fingerprint density at radius 3 is 2.60 bits per heavy atom. The fraction of sp³-hybridized carbons (Fsp3) is 0.389. The van der Waals surface area contributed by atoms with Gasteiger partial charge in [0.1, 0.15) is 5.76 Å². The number of carbonyl (C=O) groups excluding carboxylic acids is 2. The molecule has 0 bridgehead atoms. The zero-order valence-electron chi connectivity index (χ0n) is 14.6. The number of rotatable bonds is 8. The highest BCUT2D eigenvalue weighted by Crippen LogP contribution is 2.15. The molecule has 2 unspecified atom stereocenters. The number of amides is 2. The number of benzene rings is 1. The van der Waals surface area contributed by atoms with E-state index in [2.05, 4.69) is 22.7 Å². The van der Waals surface area contributed by atoms with Gasteiger partial charge in [-0.1, -0.05) is 42.4 Å². The van der Waals surface area contributed by atoms with Crippen LogP contribution in [-0.4, -0.2) is 34.5 Å². The average Bonchev–Trinajstić information content (AvgIpc) is 3.02. The van der Waals surface area contributed by atoms with E-state index in [9.17, 15) is 9.59 Å². The smallest absolute Gasteiger partial charge is 0.238 e. The number of carbonyl (C=O) groups is 2. The number of nitrogens with one attached hydrogen (secondary N) is 2. The van der Waals surface area contributed by atoms with Gasteiger partial charge < -0.3 is 15.2 Å².